The van der Waals surface area contributed by atoms with Crippen molar-refractivity contribution in [3.05, 3.63) is 19.1 Å². The van der Waals surface area contributed by atoms with Gasteiger partial charge in [0.05, 0.1) is 0 Å². The zero-order valence-corrected chi connectivity index (χ0v) is 3.49. The first-order valence-corrected chi connectivity index (χ1v) is 1.70. The molecule has 0 aromatic rings. The molecule has 0 fully saturated rings. The molecular weight excluding hydrogens is 60.1 g/mol. The topological polar surface area (TPSA) is 0 Å². The molecule has 0 aromatic carbocycles. The molecule has 0 bridgehead atoms. The summed E-state index contributed by atoms with van der Waals surface area (Å²) < 4.78 is 0. The van der Waals surface area contributed by atoms with E-state index >= 15 is 0 Å². The fourth-order valence-corrected chi connectivity index (χ4v) is 0.144. The smallest absolute Gasteiger partial charge is 0.0345 e. The molecule has 0 atom stereocenters. The summed E-state index contributed by atoms with van der Waals surface area (Å²) in [4.78, 5) is 0. The van der Waals surface area contributed by atoms with Crippen LogP contribution in [0.25, 0.3) is 0 Å². The van der Waals surface area contributed by atoms with Gasteiger partial charge in [0.15, 0.2) is 0 Å². The first-order valence-electron chi connectivity index (χ1n) is 1.70. The number of hydrogen-bond acceptors (Lipinski definition) is 0. The maximum Gasteiger partial charge on any atom is -0.0345 e. The van der Waals surface area contributed by atoms with Crippen molar-refractivity contribution in [3.8, 4) is 0 Å². The summed E-state index contributed by atoms with van der Waals surface area (Å²) in [7, 11) is 0. The Bertz CT molecular complexity index is 27.0. The van der Waals surface area contributed by atoms with Crippen LogP contribution in [0, 0.1) is 13.0 Å². The van der Waals surface area contributed by atoms with Gasteiger partial charge in [0.1, 0.15) is 0 Å². The highest BCUT2D eigenvalue weighted by Gasteiger charge is 1.53. The molecule has 0 aliphatic heterocycles. The highest BCUT2D eigenvalue weighted by atomic mass is 13.6. The minimum absolute atomic E-state index is 0.858. The van der Waals surface area contributed by atoms with Crippen LogP contribution in [0.4, 0.5) is 0 Å². The highest BCUT2D eigenvalue weighted by Crippen LogP contribution is 1.71. The average Bonchev–Trinajstić information content (AvgIpc) is 1.41. The molecule has 0 heterocycles. The van der Waals surface area contributed by atoms with Crippen molar-refractivity contribution >= 4 is 0 Å². The summed E-state index contributed by atoms with van der Waals surface area (Å²) in [6, 6.07) is 0. The quantitative estimate of drug-likeness (QED) is 0.437. The molecule has 0 N–H and O–H groups in total. The lowest BCUT2D eigenvalue weighted by atomic mass is 10.4. The lowest BCUT2D eigenvalue weighted by Gasteiger charge is -1.63. The molecule has 0 rings (SSSR count). The van der Waals surface area contributed by atoms with Crippen LogP contribution in [0.1, 0.15) is 13.3 Å². The van der Waals surface area contributed by atoms with E-state index in [2.05, 4.69) is 13.0 Å². The second kappa shape index (κ2) is 3.74. The van der Waals surface area contributed by atoms with Gasteiger partial charge in [-0.2, -0.15) is 0 Å². The van der Waals surface area contributed by atoms with Gasteiger partial charge in [0.2, 0.25) is 0 Å². The third-order valence-corrected chi connectivity index (χ3v) is 0.348. The van der Waals surface area contributed by atoms with Gasteiger partial charge in [-0.3, -0.25) is 0 Å². The maximum atomic E-state index is 3.56. The second-order valence-electron chi connectivity index (χ2n) is 0.781. The zero-order chi connectivity index (χ0) is 4.12. The molecule has 0 spiro atoms. The van der Waals surface area contributed by atoms with E-state index in [4.69, 9.17) is 0 Å². The van der Waals surface area contributed by atoms with Crippen LogP contribution >= 0.6 is 0 Å². The van der Waals surface area contributed by atoms with Crippen molar-refractivity contribution in [2.45, 2.75) is 13.3 Å². The van der Waals surface area contributed by atoms with E-state index in [0.29, 0.717) is 0 Å². The van der Waals surface area contributed by atoms with Crippen LogP contribution in [-0.4, -0.2) is 0 Å². The van der Waals surface area contributed by atoms with E-state index in [0.717, 1.165) is 6.42 Å². The summed E-state index contributed by atoms with van der Waals surface area (Å²) in [5, 5.41) is 0. The molecule has 0 unspecified atom stereocenters. The normalized spacial score (nSPS) is 10.0. The number of rotatable bonds is 1. The van der Waals surface area contributed by atoms with Crippen LogP contribution in [0.2, 0.25) is 0 Å². The largest absolute Gasteiger partial charge is 0.0813 e. The Hall–Kier alpha value is -0.260. The molecule has 0 nitrogen and oxygen atoms in total. The van der Waals surface area contributed by atoms with E-state index < -0.39 is 0 Å². The van der Waals surface area contributed by atoms with Crippen LogP contribution < -0.4 is 0 Å². The Kier molecular flexibility index (Phi) is 3.55. The highest BCUT2D eigenvalue weighted by molar-refractivity contribution is 4.69. The molecule has 0 amide bonds. The van der Waals surface area contributed by atoms with Crippen molar-refractivity contribution in [1.29, 1.82) is 0 Å². The van der Waals surface area contributed by atoms with Gasteiger partial charge in [-0.15, -0.1) is 0 Å². The van der Waals surface area contributed by atoms with Crippen LogP contribution in [0.5, 0.6) is 0 Å². The third-order valence-electron chi connectivity index (χ3n) is 0.348. The van der Waals surface area contributed by atoms with E-state index in [1.807, 2.05) is 13.0 Å². The van der Waals surface area contributed by atoms with Gasteiger partial charge in [-0.1, -0.05) is 12.2 Å². The molecule has 0 aromatic heterocycles. The molecule has 2 radical (unpaired) electrons. The van der Waals surface area contributed by atoms with E-state index in [1.165, 1.54) is 0 Å². The Balaban J connectivity index is 2.62. The van der Waals surface area contributed by atoms with Crippen molar-refractivity contribution in [3.63, 3.8) is 0 Å². The first kappa shape index (κ1) is 4.74. The summed E-state index contributed by atoms with van der Waals surface area (Å²) >= 11 is 0. The van der Waals surface area contributed by atoms with Crippen LogP contribution in [0.3, 0.4) is 0 Å². The van der Waals surface area contributed by atoms with E-state index in [-0.39, 0.29) is 0 Å². The minimum atomic E-state index is 0.858. The predicted octanol–water partition coefficient (Wildman–Crippen LogP) is 1.59. The lowest BCUT2D eigenvalue weighted by molar-refractivity contribution is 1.36. The molecule has 28 valence electrons. The lowest BCUT2D eigenvalue weighted by Crippen LogP contribution is -1.45. The van der Waals surface area contributed by atoms with Gasteiger partial charge < -0.3 is 0 Å². The van der Waals surface area contributed by atoms with Gasteiger partial charge in [0, 0.05) is 0 Å². The van der Waals surface area contributed by atoms with Crippen molar-refractivity contribution < 1.29 is 0 Å². The zero-order valence-electron chi connectivity index (χ0n) is 3.49. The third kappa shape index (κ3) is 3.74. The number of hydrogen-bond donors (Lipinski definition) is 0. The Labute approximate surface area is 33.5 Å². The monoisotopic (exact) mass is 68.1 g/mol. The Morgan fingerprint density at radius 2 is 2.60 bits per heavy atom. The van der Waals surface area contributed by atoms with Crippen LogP contribution in [-0.2, 0) is 0 Å². The van der Waals surface area contributed by atoms with E-state index in [1.54, 1.807) is 0 Å². The Morgan fingerprint density at radius 1 is 2.00 bits per heavy atom. The first-order chi connectivity index (χ1) is 2.41. The standard InChI is InChI=1S/C5H8/c1-3-5-4-2/h5H,1,3H2,2H3. The molecule has 5 heavy (non-hydrogen) atoms. The van der Waals surface area contributed by atoms with Crippen molar-refractivity contribution in [1.82, 2.24) is 0 Å². The van der Waals surface area contributed by atoms with Gasteiger partial charge >= 0.3 is 0 Å². The van der Waals surface area contributed by atoms with Gasteiger partial charge in [-0.05, 0) is 20.3 Å². The molecule has 0 aliphatic carbocycles. The fraction of sp³-hybridized carbons (Fsp3) is 0.400. The maximum absolute atomic E-state index is 3.56. The second-order valence-corrected chi connectivity index (χ2v) is 0.781. The average molecular weight is 68.1 g/mol. The van der Waals surface area contributed by atoms with Crippen molar-refractivity contribution in [2.24, 2.45) is 0 Å². The molecule has 0 saturated heterocycles. The SMILES string of the molecule is [CH2]C/C=[C]\C. The molecule has 0 heteroatoms. The van der Waals surface area contributed by atoms with Gasteiger partial charge in [0.25, 0.3) is 0 Å². The summed E-state index contributed by atoms with van der Waals surface area (Å²) in [6.45, 7) is 5.42. The van der Waals surface area contributed by atoms with Crippen molar-refractivity contribution in [2.75, 3.05) is 0 Å². The predicted molar refractivity (Wildman–Crippen MR) is 23.5 cm³/mol. The molecule has 0 aliphatic rings. The van der Waals surface area contributed by atoms with Crippen LogP contribution in [0.15, 0.2) is 6.08 Å². The Morgan fingerprint density at radius 3 is 2.60 bits per heavy atom. The minimum Gasteiger partial charge on any atom is -0.0813 e. The summed E-state index contributed by atoms with van der Waals surface area (Å²) in [5.74, 6) is 0. The fourth-order valence-electron chi connectivity index (χ4n) is 0.144. The van der Waals surface area contributed by atoms with Gasteiger partial charge in [-0.25, -0.2) is 0 Å². The molecule has 0 saturated carbocycles. The summed E-state index contributed by atoms with van der Waals surface area (Å²) in [6.07, 6.45) is 5.58. The summed E-state index contributed by atoms with van der Waals surface area (Å²) in [5.41, 5.74) is 0. The number of allylic oxidation sites excluding steroid dienone is 2. The van der Waals surface area contributed by atoms with E-state index in [9.17, 15) is 0 Å². The molecular formula is C5H8.